The van der Waals surface area contributed by atoms with Crippen LogP contribution in [0.3, 0.4) is 0 Å². The summed E-state index contributed by atoms with van der Waals surface area (Å²) in [5.74, 6) is -0.518. The fourth-order valence-corrected chi connectivity index (χ4v) is 2.11. The van der Waals surface area contributed by atoms with Gasteiger partial charge in [0, 0.05) is 38.8 Å². The summed E-state index contributed by atoms with van der Waals surface area (Å²) in [7, 11) is 4.00. The van der Waals surface area contributed by atoms with E-state index >= 15 is 0 Å². The van der Waals surface area contributed by atoms with Crippen molar-refractivity contribution in [1.29, 1.82) is 0 Å². The third-order valence-corrected chi connectivity index (χ3v) is 3.56. The van der Waals surface area contributed by atoms with E-state index in [1.54, 1.807) is 11.6 Å². The van der Waals surface area contributed by atoms with E-state index < -0.39 is 0 Å². The zero-order valence-corrected chi connectivity index (χ0v) is 14.9. The molecule has 25 heavy (non-hydrogen) atoms. The van der Waals surface area contributed by atoms with Crippen molar-refractivity contribution in [3.05, 3.63) is 48.1 Å². The Balaban J connectivity index is 2.20. The number of hydrogen-bond acceptors (Lipinski definition) is 4. The third kappa shape index (κ3) is 9.32. The smallest absolute Gasteiger partial charge is 0.243 e. The lowest BCUT2D eigenvalue weighted by Crippen LogP contribution is -2.22. The molecule has 0 saturated carbocycles. The van der Waals surface area contributed by atoms with Crippen LogP contribution < -0.4 is 15.7 Å². The van der Waals surface area contributed by atoms with Gasteiger partial charge in [-0.2, -0.15) is 0 Å². The maximum absolute atomic E-state index is 11.6. The first-order chi connectivity index (χ1) is 12.0. The second kappa shape index (κ2) is 11.9. The molecule has 0 aliphatic carbocycles. The summed E-state index contributed by atoms with van der Waals surface area (Å²) in [4.78, 5) is 24.5. The molecule has 1 aromatic rings. The Labute approximate surface area is 149 Å². The molecule has 136 valence electrons. The number of anilines is 1. The van der Waals surface area contributed by atoms with Gasteiger partial charge < -0.3 is 10.2 Å². The Hall–Kier alpha value is -2.60. The molecule has 3 N–H and O–H groups in total. The lowest BCUT2D eigenvalue weighted by Gasteiger charge is -2.11. The highest BCUT2D eigenvalue weighted by Gasteiger charge is 1.99. The number of allylic oxidation sites excluding steroid dienone is 2. The van der Waals surface area contributed by atoms with Gasteiger partial charge in [-0.25, -0.2) is 5.48 Å². The van der Waals surface area contributed by atoms with Crippen LogP contribution in [0.1, 0.15) is 31.2 Å². The molecule has 0 radical (unpaired) electrons. The second-order valence-electron chi connectivity index (χ2n) is 5.84. The topological polar surface area (TPSA) is 81.7 Å². The van der Waals surface area contributed by atoms with Crippen molar-refractivity contribution in [1.82, 2.24) is 10.8 Å². The molecule has 0 aliphatic heterocycles. The number of carbonyl (C=O) groups is 2. The number of benzene rings is 1. The highest BCUT2D eigenvalue weighted by Crippen LogP contribution is 2.13. The summed E-state index contributed by atoms with van der Waals surface area (Å²) in [6.07, 6.45) is 9.57. The summed E-state index contributed by atoms with van der Waals surface area (Å²) in [5, 5.41) is 11.1. The van der Waals surface area contributed by atoms with Crippen LogP contribution in [0, 0.1) is 0 Å². The summed E-state index contributed by atoms with van der Waals surface area (Å²) >= 11 is 0. The van der Waals surface area contributed by atoms with Crippen molar-refractivity contribution in [2.45, 2.75) is 25.7 Å². The Morgan fingerprint density at radius 2 is 1.80 bits per heavy atom. The predicted molar refractivity (Wildman–Crippen MR) is 100 cm³/mol. The van der Waals surface area contributed by atoms with E-state index in [1.165, 1.54) is 6.08 Å². The molecule has 0 aromatic heterocycles. The standard InChI is InChI=1S/C19H27N3O3/c1-22(2)17-13-11-16(12-14-17)8-5-6-9-18(23)20-15-7-3-4-10-19(24)21-25/h5-6,8-9,11-14,25H,3-4,7,10,15H2,1-2H3,(H,20,23)(H,21,24)/b8-5+,9-6+. The van der Waals surface area contributed by atoms with Crippen molar-refractivity contribution in [3.8, 4) is 0 Å². The number of nitrogens with zero attached hydrogens (tertiary/aromatic N) is 1. The van der Waals surface area contributed by atoms with E-state index in [4.69, 9.17) is 5.21 Å². The molecule has 0 heterocycles. The minimum Gasteiger partial charge on any atom is -0.378 e. The molecule has 0 aliphatic rings. The van der Waals surface area contributed by atoms with Gasteiger partial charge in [-0.3, -0.25) is 14.8 Å². The highest BCUT2D eigenvalue weighted by atomic mass is 16.5. The van der Waals surface area contributed by atoms with E-state index in [9.17, 15) is 9.59 Å². The van der Waals surface area contributed by atoms with Gasteiger partial charge in [-0.05, 0) is 30.5 Å². The first kappa shape index (κ1) is 20.4. The van der Waals surface area contributed by atoms with Crippen LogP contribution in [0.15, 0.2) is 42.5 Å². The summed E-state index contributed by atoms with van der Waals surface area (Å²) in [6, 6.07) is 8.13. The molecule has 0 fully saturated rings. The van der Waals surface area contributed by atoms with Gasteiger partial charge >= 0.3 is 0 Å². The molecular weight excluding hydrogens is 318 g/mol. The van der Waals surface area contributed by atoms with Crippen molar-refractivity contribution in [2.75, 3.05) is 25.5 Å². The van der Waals surface area contributed by atoms with E-state index in [0.29, 0.717) is 19.4 Å². The van der Waals surface area contributed by atoms with Crippen molar-refractivity contribution in [3.63, 3.8) is 0 Å². The normalized spacial score (nSPS) is 11.0. The van der Waals surface area contributed by atoms with Gasteiger partial charge in [-0.15, -0.1) is 0 Å². The van der Waals surface area contributed by atoms with Gasteiger partial charge in [0.15, 0.2) is 0 Å². The van der Waals surface area contributed by atoms with Gasteiger partial charge in [0.05, 0.1) is 0 Å². The van der Waals surface area contributed by atoms with Crippen LogP contribution in [-0.2, 0) is 9.59 Å². The average molecular weight is 345 g/mol. The number of amides is 2. The van der Waals surface area contributed by atoms with Gasteiger partial charge in [-0.1, -0.05) is 36.8 Å². The number of rotatable bonds is 10. The Bertz CT molecular complexity index is 592. The van der Waals surface area contributed by atoms with E-state index in [0.717, 1.165) is 24.1 Å². The molecule has 0 saturated heterocycles. The zero-order chi connectivity index (χ0) is 18.5. The van der Waals surface area contributed by atoms with Gasteiger partial charge in [0.2, 0.25) is 11.8 Å². The van der Waals surface area contributed by atoms with Crippen molar-refractivity contribution >= 4 is 23.6 Å². The van der Waals surface area contributed by atoms with Crippen LogP contribution in [0.2, 0.25) is 0 Å². The molecular formula is C19H27N3O3. The lowest BCUT2D eigenvalue weighted by atomic mass is 10.2. The molecule has 6 nitrogen and oxygen atoms in total. The molecule has 0 bridgehead atoms. The van der Waals surface area contributed by atoms with Crippen LogP contribution in [0.5, 0.6) is 0 Å². The molecule has 2 amide bonds. The molecule has 6 heteroatoms. The lowest BCUT2D eigenvalue weighted by molar-refractivity contribution is -0.129. The van der Waals surface area contributed by atoms with Gasteiger partial charge in [0.25, 0.3) is 0 Å². The first-order valence-corrected chi connectivity index (χ1v) is 8.36. The fourth-order valence-electron chi connectivity index (χ4n) is 2.11. The SMILES string of the molecule is CN(C)c1ccc(/C=C/C=C/C(=O)NCCCCCC(=O)NO)cc1. The monoisotopic (exact) mass is 345 g/mol. The van der Waals surface area contributed by atoms with Crippen LogP contribution in [0.4, 0.5) is 5.69 Å². The molecule has 0 spiro atoms. The number of unbranched alkanes of at least 4 members (excludes halogenated alkanes) is 2. The first-order valence-electron chi connectivity index (χ1n) is 8.36. The van der Waals surface area contributed by atoms with E-state index in [-0.39, 0.29) is 11.8 Å². The Kier molecular flexibility index (Phi) is 9.70. The highest BCUT2D eigenvalue weighted by molar-refractivity contribution is 5.87. The number of nitrogens with one attached hydrogen (secondary N) is 2. The average Bonchev–Trinajstić information content (AvgIpc) is 2.61. The van der Waals surface area contributed by atoms with E-state index in [2.05, 4.69) is 5.32 Å². The minimum atomic E-state index is -0.380. The quantitative estimate of drug-likeness (QED) is 0.200. The molecule has 0 atom stereocenters. The molecule has 0 unspecified atom stereocenters. The predicted octanol–water partition coefficient (Wildman–Crippen LogP) is 2.50. The van der Waals surface area contributed by atoms with Crippen LogP contribution >= 0.6 is 0 Å². The van der Waals surface area contributed by atoms with Crippen LogP contribution in [0.25, 0.3) is 6.08 Å². The fraction of sp³-hybridized carbons (Fsp3) is 0.368. The number of hydrogen-bond donors (Lipinski definition) is 3. The maximum atomic E-state index is 11.6. The maximum Gasteiger partial charge on any atom is 0.243 e. The Morgan fingerprint density at radius 3 is 2.44 bits per heavy atom. The summed E-state index contributed by atoms with van der Waals surface area (Å²) in [5.41, 5.74) is 3.81. The molecule has 1 rings (SSSR count). The van der Waals surface area contributed by atoms with Crippen LogP contribution in [-0.4, -0.2) is 37.7 Å². The Morgan fingerprint density at radius 1 is 1.08 bits per heavy atom. The zero-order valence-electron chi connectivity index (χ0n) is 14.9. The molecule has 1 aromatic carbocycles. The minimum absolute atomic E-state index is 0.138. The van der Waals surface area contributed by atoms with Crippen molar-refractivity contribution < 1.29 is 14.8 Å². The number of hydroxylamine groups is 1. The summed E-state index contributed by atoms with van der Waals surface area (Å²) in [6.45, 7) is 0.569. The number of carbonyl (C=O) groups excluding carboxylic acids is 2. The van der Waals surface area contributed by atoms with Gasteiger partial charge in [0.1, 0.15) is 0 Å². The summed E-state index contributed by atoms with van der Waals surface area (Å²) < 4.78 is 0. The largest absolute Gasteiger partial charge is 0.378 e. The van der Waals surface area contributed by atoms with Crippen molar-refractivity contribution in [2.24, 2.45) is 0 Å². The second-order valence-corrected chi connectivity index (χ2v) is 5.84. The third-order valence-electron chi connectivity index (χ3n) is 3.56. The van der Waals surface area contributed by atoms with E-state index in [1.807, 2.05) is 55.4 Å².